The Hall–Kier alpha value is -2.24. The number of aliphatic carboxylic acids is 1. The van der Waals surface area contributed by atoms with Gasteiger partial charge in [0.2, 0.25) is 17.7 Å². The van der Waals surface area contributed by atoms with Crippen LogP contribution in [0.4, 0.5) is 0 Å². The molecule has 0 aliphatic rings. The van der Waals surface area contributed by atoms with Gasteiger partial charge in [-0.2, -0.15) is 0 Å². The van der Waals surface area contributed by atoms with Crippen LogP contribution in [0.3, 0.4) is 0 Å². The normalized spacial score (nSPS) is 17.4. The lowest BCUT2D eigenvalue weighted by Gasteiger charge is -2.28. The quantitative estimate of drug-likeness (QED) is 0.188. The number of carboxylic acid groups (broad SMARTS) is 1. The van der Waals surface area contributed by atoms with E-state index >= 15 is 0 Å². The fourth-order valence-electron chi connectivity index (χ4n) is 2.39. The number of aliphatic hydroxyl groups excluding tert-OH is 2. The fraction of sp³-hybridized carbons (Fsp3) is 0.778. The Balaban J connectivity index is 5.31. The SMILES string of the molecule is CCC(C)C(NC(=O)C(N)C(C)O)C(=O)NC(CO)C(=O)NC(C(=O)O)C(C)C. The molecule has 11 nitrogen and oxygen atoms in total. The van der Waals surface area contributed by atoms with Crippen molar-refractivity contribution in [1.29, 1.82) is 0 Å². The summed E-state index contributed by atoms with van der Waals surface area (Å²) in [6, 6.07) is -4.91. The van der Waals surface area contributed by atoms with E-state index in [4.69, 9.17) is 5.73 Å². The van der Waals surface area contributed by atoms with E-state index < -0.39 is 66.5 Å². The zero-order valence-electron chi connectivity index (χ0n) is 17.5. The number of rotatable bonds is 12. The van der Waals surface area contributed by atoms with Gasteiger partial charge in [0.1, 0.15) is 24.2 Å². The second-order valence-electron chi connectivity index (χ2n) is 7.45. The van der Waals surface area contributed by atoms with E-state index in [9.17, 15) is 34.5 Å². The van der Waals surface area contributed by atoms with E-state index in [1.54, 1.807) is 27.7 Å². The van der Waals surface area contributed by atoms with Crippen LogP contribution in [0.2, 0.25) is 0 Å². The van der Waals surface area contributed by atoms with Crippen LogP contribution in [-0.2, 0) is 19.2 Å². The molecule has 0 fully saturated rings. The van der Waals surface area contributed by atoms with Gasteiger partial charge in [0.15, 0.2) is 0 Å². The molecular formula is C18H34N4O7. The zero-order chi connectivity index (χ0) is 22.9. The first-order chi connectivity index (χ1) is 13.4. The number of hydrogen-bond acceptors (Lipinski definition) is 7. The van der Waals surface area contributed by atoms with E-state index in [0.29, 0.717) is 6.42 Å². The summed E-state index contributed by atoms with van der Waals surface area (Å²) in [5.74, 6) is -4.34. The standard InChI is InChI=1S/C18H34N4O7/c1-6-9(4)14(22-16(26)12(19)10(5)24)17(27)20-11(7-23)15(25)21-13(8(2)3)18(28)29/h8-14,23-24H,6-7,19H2,1-5H3,(H,20,27)(H,21,25)(H,22,26)(H,28,29). The maximum atomic E-state index is 12.7. The molecule has 0 heterocycles. The van der Waals surface area contributed by atoms with Crippen molar-refractivity contribution in [3.63, 3.8) is 0 Å². The zero-order valence-corrected chi connectivity index (χ0v) is 17.5. The van der Waals surface area contributed by atoms with Crippen molar-refractivity contribution >= 4 is 23.7 Å². The first-order valence-corrected chi connectivity index (χ1v) is 9.55. The van der Waals surface area contributed by atoms with E-state index in [1.165, 1.54) is 6.92 Å². The highest BCUT2D eigenvalue weighted by molar-refractivity contribution is 5.94. The maximum Gasteiger partial charge on any atom is 0.326 e. The van der Waals surface area contributed by atoms with Crippen LogP contribution >= 0.6 is 0 Å². The summed E-state index contributed by atoms with van der Waals surface area (Å²) >= 11 is 0. The van der Waals surface area contributed by atoms with Gasteiger partial charge in [0.25, 0.3) is 0 Å². The molecule has 3 amide bonds. The predicted octanol–water partition coefficient (Wildman–Crippen LogP) is -2.07. The van der Waals surface area contributed by atoms with Crippen LogP contribution in [0.1, 0.15) is 41.0 Å². The summed E-state index contributed by atoms with van der Waals surface area (Å²) in [5.41, 5.74) is 5.58. The van der Waals surface area contributed by atoms with Gasteiger partial charge in [-0.3, -0.25) is 14.4 Å². The Morgan fingerprint density at radius 3 is 1.79 bits per heavy atom. The van der Waals surface area contributed by atoms with Gasteiger partial charge in [-0.05, 0) is 18.8 Å². The Kier molecular flexibility index (Phi) is 11.4. The highest BCUT2D eigenvalue weighted by Gasteiger charge is 2.33. The summed E-state index contributed by atoms with van der Waals surface area (Å²) in [5, 5.41) is 35.2. The number of carboxylic acids is 1. The minimum atomic E-state index is -1.41. The first-order valence-electron chi connectivity index (χ1n) is 9.55. The van der Waals surface area contributed by atoms with Crippen LogP contribution in [0.25, 0.3) is 0 Å². The molecule has 0 radical (unpaired) electrons. The molecule has 0 spiro atoms. The minimum Gasteiger partial charge on any atom is -0.480 e. The molecule has 29 heavy (non-hydrogen) atoms. The molecule has 168 valence electrons. The Bertz CT molecular complexity index is 583. The number of amides is 3. The van der Waals surface area contributed by atoms with Crippen LogP contribution < -0.4 is 21.7 Å². The molecule has 0 aromatic carbocycles. The number of carbonyl (C=O) groups is 4. The Morgan fingerprint density at radius 2 is 1.41 bits per heavy atom. The Morgan fingerprint density at radius 1 is 0.897 bits per heavy atom. The molecule has 0 aromatic rings. The van der Waals surface area contributed by atoms with Crippen LogP contribution in [0, 0.1) is 11.8 Å². The van der Waals surface area contributed by atoms with Gasteiger partial charge in [0.05, 0.1) is 12.7 Å². The molecule has 0 aromatic heterocycles. The topological polar surface area (TPSA) is 191 Å². The molecule has 0 bridgehead atoms. The van der Waals surface area contributed by atoms with Gasteiger partial charge >= 0.3 is 5.97 Å². The molecule has 0 aliphatic carbocycles. The summed E-state index contributed by atoms with van der Waals surface area (Å²) in [6.45, 7) is 7.27. The second kappa shape index (κ2) is 12.3. The molecule has 0 saturated carbocycles. The predicted molar refractivity (Wildman–Crippen MR) is 104 cm³/mol. The molecule has 0 aliphatic heterocycles. The number of hydrogen-bond donors (Lipinski definition) is 7. The monoisotopic (exact) mass is 418 g/mol. The third-order valence-electron chi connectivity index (χ3n) is 4.66. The minimum absolute atomic E-state index is 0.343. The molecule has 0 rings (SSSR count). The van der Waals surface area contributed by atoms with Gasteiger partial charge in [0, 0.05) is 0 Å². The number of nitrogens with two attached hydrogens (primary N) is 1. The first kappa shape index (κ1) is 26.8. The van der Waals surface area contributed by atoms with Crippen LogP contribution in [0.15, 0.2) is 0 Å². The summed E-state index contributed by atoms with van der Waals surface area (Å²) < 4.78 is 0. The van der Waals surface area contributed by atoms with Crippen molar-refractivity contribution in [3.05, 3.63) is 0 Å². The van der Waals surface area contributed by atoms with Crippen LogP contribution in [0.5, 0.6) is 0 Å². The van der Waals surface area contributed by atoms with Gasteiger partial charge < -0.3 is 37.0 Å². The largest absolute Gasteiger partial charge is 0.480 e. The van der Waals surface area contributed by atoms with E-state index in [-0.39, 0.29) is 5.92 Å². The smallest absolute Gasteiger partial charge is 0.326 e. The fourth-order valence-corrected chi connectivity index (χ4v) is 2.39. The van der Waals surface area contributed by atoms with E-state index in [0.717, 1.165) is 0 Å². The number of nitrogens with one attached hydrogen (secondary N) is 3. The van der Waals surface area contributed by atoms with Crippen molar-refractivity contribution in [1.82, 2.24) is 16.0 Å². The lowest BCUT2D eigenvalue weighted by atomic mass is 9.97. The molecular weight excluding hydrogens is 384 g/mol. The maximum absolute atomic E-state index is 12.7. The van der Waals surface area contributed by atoms with Gasteiger partial charge in [-0.25, -0.2) is 4.79 Å². The van der Waals surface area contributed by atoms with Crippen molar-refractivity contribution < 1.29 is 34.5 Å². The lowest BCUT2D eigenvalue weighted by Crippen LogP contribution is -2.60. The third kappa shape index (κ3) is 8.34. The van der Waals surface area contributed by atoms with E-state index in [2.05, 4.69) is 16.0 Å². The Labute approximate surface area is 170 Å². The highest BCUT2D eigenvalue weighted by Crippen LogP contribution is 2.09. The van der Waals surface area contributed by atoms with Crippen molar-refractivity contribution in [2.24, 2.45) is 17.6 Å². The molecule has 8 N–H and O–H groups in total. The van der Waals surface area contributed by atoms with E-state index in [1.807, 2.05) is 0 Å². The van der Waals surface area contributed by atoms with Crippen molar-refractivity contribution in [2.75, 3.05) is 6.61 Å². The number of aliphatic hydroxyl groups is 2. The average Bonchev–Trinajstić information content (AvgIpc) is 2.65. The van der Waals surface area contributed by atoms with Crippen LogP contribution in [-0.4, -0.2) is 75.9 Å². The second-order valence-corrected chi connectivity index (χ2v) is 7.45. The molecule has 6 atom stereocenters. The summed E-state index contributed by atoms with van der Waals surface area (Å²) in [4.78, 5) is 48.4. The van der Waals surface area contributed by atoms with Gasteiger partial charge in [-0.1, -0.05) is 34.1 Å². The molecule has 11 heteroatoms. The van der Waals surface area contributed by atoms with Crippen molar-refractivity contribution in [2.45, 2.75) is 71.3 Å². The third-order valence-corrected chi connectivity index (χ3v) is 4.66. The molecule has 6 unspecified atom stereocenters. The highest BCUT2D eigenvalue weighted by atomic mass is 16.4. The number of carbonyl (C=O) groups excluding carboxylic acids is 3. The summed E-state index contributed by atoms with van der Waals surface area (Å²) in [6.07, 6.45) is -0.622. The van der Waals surface area contributed by atoms with Gasteiger partial charge in [-0.15, -0.1) is 0 Å². The lowest BCUT2D eigenvalue weighted by molar-refractivity contribution is -0.144. The molecule has 0 saturated heterocycles. The summed E-state index contributed by atoms with van der Waals surface area (Å²) in [7, 11) is 0. The van der Waals surface area contributed by atoms with Crippen molar-refractivity contribution in [3.8, 4) is 0 Å². The average molecular weight is 418 g/mol.